The summed E-state index contributed by atoms with van der Waals surface area (Å²) < 4.78 is 23.6. The second-order valence-electron chi connectivity index (χ2n) is 7.70. The van der Waals surface area contributed by atoms with Gasteiger partial charge in [-0.15, -0.1) is 0 Å². The zero-order valence-electron chi connectivity index (χ0n) is 15.5. The molecule has 0 aromatic rings. The average molecular weight is 374 g/mol. The van der Waals surface area contributed by atoms with Crippen LogP contribution in [0.3, 0.4) is 0 Å². The van der Waals surface area contributed by atoms with Gasteiger partial charge in [-0.3, -0.25) is 9.59 Å². The summed E-state index contributed by atoms with van der Waals surface area (Å²) in [7, 11) is 0.660. The third-order valence-electron chi connectivity index (χ3n) is 5.32. The van der Waals surface area contributed by atoms with Crippen LogP contribution in [0.5, 0.6) is 0 Å². The summed E-state index contributed by atoms with van der Waals surface area (Å²) in [6.45, 7) is 3.05. The molecular weight excluding hydrogens is 342 g/mol. The zero-order chi connectivity index (χ0) is 18.6. The lowest BCUT2D eigenvalue weighted by molar-refractivity contribution is -0.147. The van der Waals surface area contributed by atoms with Gasteiger partial charge >= 0.3 is 11.8 Å². The Morgan fingerprint density at radius 3 is 2.32 bits per heavy atom. The Balaban J connectivity index is 2.04. The lowest BCUT2D eigenvalue weighted by Crippen LogP contribution is -2.53. The molecule has 3 unspecified atom stereocenters. The van der Waals surface area contributed by atoms with Gasteiger partial charge < -0.3 is 15.1 Å². The second-order valence-corrected chi connectivity index (χ2v) is 9.93. The van der Waals surface area contributed by atoms with Gasteiger partial charge in [0.25, 0.3) is 0 Å². The largest absolute Gasteiger partial charge is 0.345 e. The van der Waals surface area contributed by atoms with Crippen LogP contribution in [-0.2, 0) is 19.4 Å². The molecule has 0 aromatic heterocycles. The van der Waals surface area contributed by atoms with E-state index in [-0.39, 0.29) is 17.5 Å². The molecule has 1 N–H and O–H groups in total. The van der Waals surface area contributed by atoms with Gasteiger partial charge in [0, 0.05) is 25.2 Å². The van der Waals surface area contributed by atoms with Crippen molar-refractivity contribution < 1.29 is 18.0 Å². The van der Waals surface area contributed by atoms with Crippen molar-refractivity contribution in [3.63, 3.8) is 0 Å². The van der Waals surface area contributed by atoms with Crippen LogP contribution in [0, 0.1) is 5.92 Å². The van der Waals surface area contributed by atoms with Crippen LogP contribution in [0.2, 0.25) is 0 Å². The second kappa shape index (κ2) is 8.49. The van der Waals surface area contributed by atoms with Crippen molar-refractivity contribution in [3.05, 3.63) is 0 Å². The third-order valence-corrected chi connectivity index (χ3v) is 7.07. The van der Waals surface area contributed by atoms with Crippen LogP contribution in [0.25, 0.3) is 0 Å². The van der Waals surface area contributed by atoms with Gasteiger partial charge in [0.05, 0.1) is 11.5 Å². The van der Waals surface area contributed by atoms with E-state index in [9.17, 15) is 18.0 Å². The zero-order valence-corrected chi connectivity index (χ0v) is 16.3. The van der Waals surface area contributed by atoms with Crippen molar-refractivity contribution in [2.24, 2.45) is 5.92 Å². The van der Waals surface area contributed by atoms with E-state index in [1.165, 1.54) is 4.90 Å². The topological polar surface area (TPSA) is 86.8 Å². The molecule has 0 aromatic carbocycles. The Kier molecular flexibility index (Phi) is 6.85. The van der Waals surface area contributed by atoms with Gasteiger partial charge in [-0.1, -0.05) is 19.8 Å². The Labute approximate surface area is 151 Å². The average Bonchev–Trinajstić information content (AvgIpc) is 2.89. The molecule has 25 heavy (non-hydrogen) atoms. The number of nitrogens with zero attached hydrogens (tertiary/aromatic N) is 2. The molecule has 0 spiro atoms. The van der Waals surface area contributed by atoms with Crippen LogP contribution in [0.15, 0.2) is 0 Å². The van der Waals surface area contributed by atoms with Crippen molar-refractivity contribution in [2.75, 3.05) is 38.7 Å². The monoisotopic (exact) mass is 373 g/mol. The van der Waals surface area contributed by atoms with Gasteiger partial charge in [0.15, 0.2) is 9.84 Å². The maximum absolute atomic E-state index is 12.7. The molecule has 2 rings (SSSR count). The first-order valence-electron chi connectivity index (χ1n) is 9.16. The van der Waals surface area contributed by atoms with E-state index < -0.39 is 27.7 Å². The molecule has 8 heteroatoms. The number of carbonyl (C=O) groups is 2. The summed E-state index contributed by atoms with van der Waals surface area (Å²) in [6.07, 6.45) is 4.60. The minimum absolute atomic E-state index is 0.0354. The molecule has 2 amide bonds. The minimum atomic E-state index is -3.11. The first-order chi connectivity index (χ1) is 11.7. The number of nitrogens with one attached hydrogen (secondary N) is 1. The molecule has 0 bridgehead atoms. The highest BCUT2D eigenvalue weighted by Crippen LogP contribution is 2.24. The quantitative estimate of drug-likeness (QED) is 0.699. The highest BCUT2D eigenvalue weighted by atomic mass is 32.2. The number of carbonyl (C=O) groups excluding carboxylic acids is 2. The molecular formula is C17H31N3O4S. The molecule has 1 aliphatic heterocycles. The fraction of sp³-hybridized carbons (Fsp3) is 0.882. The summed E-state index contributed by atoms with van der Waals surface area (Å²) >= 11 is 0. The Bertz CT molecular complexity index is 591. The van der Waals surface area contributed by atoms with Gasteiger partial charge in [-0.05, 0) is 39.3 Å². The molecule has 3 atom stereocenters. The maximum Gasteiger partial charge on any atom is 0.312 e. The van der Waals surface area contributed by atoms with E-state index in [4.69, 9.17) is 0 Å². The van der Waals surface area contributed by atoms with E-state index in [2.05, 4.69) is 12.2 Å². The SMILES string of the molecule is CC1CCCCC1NC(=O)C(=O)N(CCN(C)C)C1CCS(=O)(=O)C1. The number of rotatable bonds is 5. The summed E-state index contributed by atoms with van der Waals surface area (Å²) in [6, 6.07) is -0.361. The van der Waals surface area contributed by atoms with Gasteiger partial charge in [-0.25, -0.2) is 8.42 Å². The maximum atomic E-state index is 12.7. The molecule has 7 nitrogen and oxygen atoms in total. The summed E-state index contributed by atoms with van der Waals surface area (Å²) in [5, 5.41) is 2.89. The Hall–Kier alpha value is -1.15. The number of hydrogen-bond donors (Lipinski definition) is 1. The number of likely N-dealkylation sites (N-methyl/N-ethyl adjacent to an activating group) is 1. The third kappa shape index (κ3) is 5.67. The van der Waals surface area contributed by atoms with Crippen LogP contribution in [-0.4, -0.2) is 80.8 Å². The molecule has 1 saturated heterocycles. The smallest absolute Gasteiger partial charge is 0.312 e. The molecule has 1 saturated carbocycles. The molecule has 144 valence electrons. The lowest BCUT2D eigenvalue weighted by Gasteiger charge is -2.32. The van der Waals surface area contributed by atoms with E-state index in [1.54, 1.807) is 0 Å². The van der Waals surface area contributed by atoms with Gasteiger partial charge in [0.2, 0.25) is 0 Å². The van der Waals surface area contributed by atoms with E-state index in [1.807, 2.05) is 19.0 Å². The molecule has 2 aliphatic rings. The van der Waals surface area contributed by atoms with Crippen molar-refractivity contribution in [1.29, 1.82) is 0 Å². The van der Waals surface area contributed by atoms with Crippen LogP contribution < -0.4 is 5.32 Å². The first-order valence-corrected chi connectivity index (χ1v) is 11.0. The van der Waals surface area contributed by atoms with Crippen molar-refractivity contribution in [3.8, 4) is 0 Å². The van der Waals surface area contributed by atoms with Crippen LogP contribution in [0.4, 0.5) is 0 Å². The fourth-order valence-corrected chi connectivity index (χ4v) is 5.40. The summed E-state index contributed by atoms with van der Waals surface area (Å²) in [4.78, 5) is 28.6. The van der Waals surface area contributed by atoms with E-state index >= 15 is 0 Å². The molecule has 2 fully saturated rings. The summed E-state index contributed by atoms with van der Waals surface area (Å²) in [5.41, 5.74) is 0. The van der Waals surface area contributed by atoms with Crippen molar-refractivity contribution in [1.82, 2.24) is 15.1 Å². The van der Waals surface area contributed by atoms with Crippen molar-refractivity contribution in [2.45, 2.75) is 51.1 Å². The lowest BCUT2D eigenvalue weighted by atomic mass is 9.86. The fourth-order valence-electron chi connectivity index (χ4n) is 3.67. The van der Waals surface area contributed by atoms with Gasteiger partial charge in [-0.2, -0.15) is 0 Å². The number of sulfone groups is 1. The molecule has 1 heterocycles. The predicted octanol–water partition coefficient (Wildman–Crippen LogP) is 0.259. The predicted molar refractivity (Wildman–Crippen MR) is 96.9 cm³/mol. The van der Waals surface area contributed by atoms with E-state index in [0.717, 1.165) is 25.7 Å². The van der Waals surface area contributed by atoms with Crippen LogP contribution in [0.1, 0.15) is 39.0 Å². The van der Waals surface area contributed by atoms with Gasteiger partial charge in [0.1, 0.15) is 0 Å². The normalized spacial score (nSPS) is 28.7. The molecule has 1 aliphatic carbocycles. The first kappa shape index (κ1) is 20.2. The summed E-state index contributed by atoms with van der Waals surface area (Å²) in [5.74, 6) is -0.777. The molecule has 0 radical (unpaired) electrons. The number of amides is 2. The Morgan fingerprint density at radius 1 is 1.08 bits per heavy atom. The minimum Gasteiger partial charge on any atom is -0.345 e. The number of hydrogen-bond acceptors (Lipinski definition) is 5. The van der Waals surface area contributed by atoms with Crippen LogP contribution >= 0.6 is 0 Å². The van der Waals surface area contributed by atoms with E-state index in [0.29, 0.717) is 25.4 Å². The highest BCUT2D eigenvalue weighted by molar-refractivity contribution is 7.91. The standard InChI is InChI=1S/C17H31N3O4S/c1-13-6-4-5-7-15(13)18-16(21)17(22)20(10-9-19(2)3)14-8-11-25(23,24)12-14/h13-15H,4-12H2,1-3H3,(H,18,21). The highest BCUT2D eigenvalue weighted by Gasteiger charge is 2.37. The Morgan fingerprint density at radius 2 is 1.76 bits per heavy atom. The van der Waals surface area contributed by atoms with Crippen molar-refractivity contribution >= 4 is 21.7 Å².